The van der Waals surface area contributed by atoms with Crippen LogP contribution in [0.2, 0.25) is 0 Å². The van der Waals surface area contributed by atoms with Crippen LogP contribution < -0.4 is 5.32 Å². The van der Waals surface area contributed by atoms with Gasteiger partial charge in [0.05, 0.1) is 6.04 Å². The quantitative estimate of drug-likeness (QED) is 0.636. The van der Waals surface area contributed by atoms with E-state index in [0.29, 0.717) is 19.4 Å². The number of thiophene rings is 1. The van der Waals surface area contributed by atoms with Crippen molar-refractivity contribution in [2.75, 3.05) is 32.7 Å². The minimum Gasteiger partial charge on any atom is -0.354 e. The number of halogens is 1. The van der Waals surface area contributed by atoms with Crippen molar-refractivity contribution >= 4 is 27.3 Å². The molecule has 0 bridgehead atoms. The maximum Gasteiger partial charge on any atom is 0.245 e. The van der Waals surface area contributed by atoms with Crippen molar-refractivity contribution in [3.63, 3.8) is 0 Å². The van der Waals surface area contributed by atoms with Gasteiger partial charge in [-0.1, -0.05) is 25.1 Å². The van der Waals surface area contributed by atoms with Crippen LogP contribution in [0, 0.1) is 17.7 Å². The number of carbonyl (C=O) groups excluding carboxylic acids is 1. The number of sulfonamides is 1. The van der Waals surface area contributed by atoms with Gasteiger partial charge in [0.15, 0.2) is 0 Å². The fraction of sp³-hybridized carbons (Fsp3) is 0.542. The number of benzene rings is 1. The smallest absolute Gasteiger partial charge is 0.245 e. The predicted molar refractivity (Wildman–Crippen MR) is 128 cm³/mol. The Balaban J connectivity index is 1.33. The van der Waals surface area contributed by atoms with Crippen molar-refractivity contribution in [2.24, 2.45) is 11.8 Å². The Kier molecular flexibility index (Phi) is 7.83. The first kappa shape index (κ1) is 24.3. The zero-order chi connectivity index (χ0) is 23.4. The summed E-state index contributed by atoms with van der Waals surface area (Å²) in [6.45, 7) is 5.34. The molecule has 1 N–H and O–H groups in total. The molecule has 9 heteroatoms. The summed E-state index contributed by atoms with van der Waals surface area (Å²) in [4.78, 5) is 16.4. The van der Waals surface area contributed by atoms with Crippen molar-refractivity contribution in [1.29, 1.82) is 0 Å². The number of hydrogen-bond donors (Lipinski definition) is 1. The van der Waals surface area contributed by atoms with E-state index in [-0.39, 0.29) is 35.9 Å². The molecule has 2 aromatic rings. The van der Waals surface area contributed by atoms with E-state index in [1.165, 1.54) is 40.2 Å². The first-order chi connectivity index (χ1) is 15.9. The number of carbonyl (C=O) groups is 1. The molecule has 2 aliphatic rings. The van der Waals surface area contributed by atoms with Crippen molar-refractivity contribution in [3.8, 4) is 0 Å². The first-order valence-electron chi connectivity index (χ1n) is 11.7. The summed E-state index contributed by atoms with van der Waals surface area (Å²) >= 11 is 1.72. The van der Waals surface area contributed by atoms with Gasteiger partial charge in [-0.2, -0.15) is 4.31 Å². The largest absolute Gasteiger partial charge is 0.354 e. The minimum atomic E-state index is -3.89. The normalized spacial score (nSPS) is 20.5. The van der Waals surface area contributed by atoms with E-state index in [9.17, 15) is 17.6 Å². The predicted octanol–water partition coefficient (Wildman–Crippen LogP) is 3.88. The number of amides is 1. The standard InChI is InChI=1S/C24H32FN3O3S2/c1-18-8-12-27(13-9-18)21(22-6-4-16-32-22)17-26-24(29)19-10-14-28(15-11-19)33(30,31)23-7-3-2-5-20(23)25/h2-7,16,18-19,21H,8-15,17H2,1H3,(H,26,29). The average Bonchev–Trinajstić information content (AvgIpc) is 3.35. The van der Waals surface area contributed by atoms with Gasteiger partial charge >= 0.3 is 0 Å². The summed E-state index contributed by atoms with van der Waals surface area (Å²) in [5, 5.41) is 5.21. The highest BCUT2D eigenvalue weighted by Crippen LogP contribution is 2.30. The number of hydrogen-bond acceptors (Lipinski definition) is 5. The molecule has 1 atom stereocenters. The molecule has 1 aromatic heterocycles. The molecule has 0 aliphatic carbocycles. The van der Waals surface area contributed by atoms with Crippen molar-refractivity contribution in [2.45, 2.75) is 43.5 Å². The highest BCUT2D eigenvalue weighted by atomic mass is 32.2. The van der Waals surface area contributed by atoms with Crippen molar-refractivity contribution in [1.82, 2.24) is 14.5 Å². The fourth-order valence-corrected chi connectivity index (χ4v) is 7.12. The van der Waals surface area contributed by atoms with E-state index in [2.05, 4.69) is 28.6 Å². The molecule has 3 heterocycles. The van der Waals surface area contributed by atoms with Crippen LogP contribution in [0.4, 0.5) is 4.39 Å². The zero-order valence-electron chi connectivity index (χ0n) is 19.0. The second-order valence-corrected chi connectivity index (χ2v) is 12.0. The Morgan fingerprint density at radius 2 is 1.79 bits per heavy atom. The molecule has 1 amide bonds. The maximum absolute atomic E-state index is 14.0. The maximum atomic E-state index is 14.0. The van der Waals surface area contributed by atoms with Gasteiger partial charge in [-0.05, 0) is 68.3 Å². The second kappa shape index (κ2) is 10.6. The van der Waals surface area contributed by atoms with E-state index in [4.69, 9.17) is 0 Å². The lowest BCUT2D eigenvalue weighted by Crippen LogP contribution is -2.46. The Morgan fingerprint density at radius 3 is 2.42 bits per heavy atom. The molecule has 2 aliphatic heterocycles. The molecule has 33 heavy (non-hydrogen) atoms. The van der Waals surface area contributed by atoms with Gasteiger partial charge in [0.2, 0.25) is 15.9 Å². The first-order valence-corrected chi connectivity index (χ1v) is 14.0. The lowest BCUT2D eigenvalue weighted by molar-refractivity contribution is -0.126. The monoisotopic (exact) mass is 493 g/mol. The van der Waals surface area contributed by atoms with Crippen molar-refractivity contribution in [3.05, 3.63) is 52.5 Å². The van der Waals surface area contributed by atoms with Gasteiger partial charge in [0.1, 0.15) is 10.7 Å². The van der Waals surface area contributed by atoms with Gasteiger partial charge in [0.25, 0.3) is 0 Å². The topological polar surface area (TPSA) is 69.7 Å². The number of likely N-dealkylation sites (tertiary alicyclic amines) is 1. The van der Waals surface area contributed by atoms with E-state index in [1.807, 2.05) is 6.07 Å². The van der Waals surface area contributed by atoms with Crippen LogP contribution in [0.25, 0.3) is 0 Å². The number of piperidine rings is 2. The molecule has 2 saturated heterocycles. The molecule has 6 nitrogen and oxygen atoms in total. The van der Waals surface area contributed by atoms with E-state index in [0.717, 1.165) is 25.1 Å². The van der Waals surface area contributed by atoms with Crippen LogP contribution in [0.3, 0.4) is 0 Å². The molecule has 0 spiro atoms. The SMILES string of the molecule is CC1CCN(C(CNC(=O)C2CCN(S(=O)(=O)c3ccccc3F)CC2)c2cccs2)CC1. The van der Waals surface area contributed by atoms with Crippen LogP contribution in [0.1, 0.15) is 43.5 Å². The second-order valence-electron chi connectivity index (χ2n) is 9.10. The zero-order valence-corrected chi connectivity index (χ0v) is 20.6. The third kappa shape index (κ3) is 5.65. The molecular weight excluding hydrogens is 461 g/mol. The molecule has 1 unspecified atom stereocenters. The summed E-state index contributed by atoms with van der Waals surface area (Å²) in [6, 6.07) is 9.78. The third-order valence-electron chi connectivity index (χ3n) is 6.88. The van der Waals surface area contributed by atoms with Gasteiger partial charge in [-0.25, -0.2) is 12.8 Å². The van der Waals surface area contributed by atoms with Crippen LogP contribution >= 0.6 is 11.3 Å². The Labute approximate surface area is 199 Å². The van der Waals surface area contributed by atoms with Crippen LogP contribution in [0.15, 0.2) is 46.7 Å². The van der Waals surface area contributed by atoms with Crippen molar-refractivity contribution < 1.29 is 17.6 Å². The lowest BCUT2D eigenvalue weighted by atomic mass is 9.96. The minimum absolute atomic E-state index is 0.0233. The van der Waals surface area contributed by atoms with Crippen LogP contribution in [0.5, 0.6) is 0 Å². The molecule has 0 radical (unpaired) electrons. The number of nitrogens with zero attached hydrogens (tertiary/aromatic N) is 2. The molecule has 4 rings (SSSR count). The van der Waals surface area contributed by atoms with E-state index in [1.54, 1.807) is 11.3 Å². The molecule has 180 valence electrons. The van der Waals surface area contributed by atoms with Gasteiger partial charge in [-0.15, -0.1) is 11.3 Å². The fourth-order valence-electron chi connectivity index (χ4n) is 4.72. The molecule has 1 aromatic carbocycles. The lowest BCUT2D eigenvalue weighted by Gasteiger charge is -2.37. The van der Waals surface area contributed by atoms with E-state index < -0.39 is 15.8 Å². The Bertz CT molecular complexity index is 1030. The molecular formula is C24H32FN3O3S2. The third-order valence-corrected chi connectivity index (χ3v) is 9.78. The molecule has 2 fully saturated rings. The Hall–Kier alpha value is -1.81. The Morgan fingerprint density at radius 1 is 1.09 bits per heavy atom. The van der Waals surface area contributed by atoms with E-state index >= 15 is 0 Å². The van der Waals surface area contributed by atoms with Crippen LogP contribution in [-0.4, -0.2) is 56.3 Å². The number of nitrogens with one attached hydrogen (secondary N) is 1. The summed E-state index contributed by atoms with van der Waals surface area (Å²) < 4.78 is 40.9. The van der Waals surface area contributed by atoms with Gasteiger partial charge < -0.3 is 5.32 Å². The highest BCUT2D eigenvalue weighted by molar-refractivity contribution is 7.89. The summed E-state index contributed by atoms with van der Waals surface area (Å²) in [5.41, 5.74) is 0. The van der Waals surface area contributed by atoms with Gasteiger partial charge in [0, 0.05) is 30.4 Å². The number of rotatable bonds is 7. The highest BCUT2D eigenvalue weighted by Gasteiger charge is 2.34. The average molecular weight is 494 g/mol. The van der Waals surface area contributed by atoms with Gasteiger partial charge in [-0.3, -0.25) is 9.69 Å². The van der Waals surface area contributed by atoms with Crippen LogP contribution in [-0.2, 0) is 14.8 Å². The summed E-state index contributed by atoms with van der Waals surface area (Å²) in [6.07, 6.45) is 3.21. The molecule has 0 saturated carbocycles. The summed E-state index contributed by atoms with van der Waals surface area (Å²) in [7, 11) is -3.89. The summed E-state index contributed by atoms with van der Waals surface area (Å²) in [5.74, 6) is -0.262.